The molecule has 136 valence electrons. The molecule has 2 rings (SSSR count). The molecule has 1 atom stereocenters. The summed E-state index contributed by atoms with van der Waals surface area (Å²) in [5.41, 5.74) is 1.17. The number of halogens is 2. The molecule has 0 radical (unpaired) electrons. The Morgan fingerprint density at radius 1 is 1.33 bits per heavy atom. The van der Waals surface area contributed by atoms with Crippen molar-refractivity contribution in [3.63, 3.8) is 0 Å². The summed E-state index contributed by atoms with van der Waals surface area (Å²) in [6.07, 6.45) is 3.47. The van der Waals surface area contributed by atoms with Gasteiger partial charge in [0, 0.05) is 31.2 Å². The zero-order valence-corrected chi connectivity index (χ0v) is 17.8. The molecule has 1 aliphatic rings. The van der Waals surface area contributed by atoms with Crippen molar-refractivity contribution in [1.82, 2.24) is 15.5 Å². The first-order chi connectivity index (χ1) is 11.2. The highest BCUT2D eigenvalue weighted by molar-refractivity contribution is 14.0. The zero-order chi connectivity index (χ0) is 16.5. The molecule has 1 aromatic carbocycles. The van der Waals surface area contributed by atoms with Crippen LogP contribution in [0.25, 0.3) is 0 Å². The van der Waals surface area contributed by atoms with Crippen molar-refractivity contribution in [3.8, 4) is 0 Å². The van der Waals surface area contributed by atoms with Crippen LogP contribution in [0.15, 0.2) is 29.3 Å². The summed E-state index contributed by atoms with van der Waals surface area (Å²) in [4.78, 5) is 7.16. The molecule has 1 aromatic rings. The second-order valence-electron chi connectivity index (χ2n) is 6.26. The van der Waals surface area contributed by atoms with Crippen LogP contribution in [0.5, 0.6) is 0 Å². The van der Waals surface area contributed by atoms with E-state index in [1.807, 2.05) is 18.2 Å². The summed E-state index contributed by atoms with van der Waals surface area (Å²) in [6.45, 7) is 7.08. The van der Waals surface area contributed by atoms with E-state index in [0.717, 1.165) is 43.6 Å². The van der Waals surface area contributed by atoms with Gasteiger partial charge in [-0.2, -0.15) is 0 Å². The minimum absolute atomic E-state index is 0. The maximum absolute atomic E-state index is 6.20. The zero-order valence-electron chi connectivity index (χ0n) is 14.7. The van der Waals surface area contributed by atoms with Gasteiger partial charge in [0.05, 0.1) is 0 Å². The maximum Gasteiger partial charge on any atom is 0.191 e. The van der Waals surface area contributed by atoms with Gasteiger partial charge in [-0.3, -0.25) is 4.99 Å². The minimum atomic E-state index is 0. The Balaban J connectivity index is 0.00000288. The molecular formula is C18H30ClIN4. The predicted molar refractivity (Wildman–Crippen MR) is 115 cm³/mol. The number of likely N-dealkylation sites (tertiary alicyclic amines) is 1. The first-order valence-corrected chi connectivity index (χ1v) is 9.01. The Kier molecular flexibility index (Phi) is 10.7. The molecule has 0 saturated carbocycles. The fraction of sp³-hybridized carbons (Fsp3) is 0.611. The molecule has 1 fully saturated rings. The van der Waals surface area contributed by atoms with E-state index in [0.29, 0.717) is 5.92 Å². The topological polar surface area (TPSA) is 39.7 Å². The summed E-state index contributed by atoms with van der Waals surface area (Å²) >= 11 is 6.20. The minimum Gasteiger partial charge on any atom is -0.357 e. The largest absolute Gasteiger partial charge is 0.357 e. The van der Waals surface area contributed by atoms with E-state index < -0.39 is 0 Å². The number of aliphatic imine (C=N–C) groups is 1. The van der Waals surface area contributed by atoms with Gasteiger partial charge in [-0.05, 0) is 57.3 Å². The van der Waals surface area contributed by atoms with Gasteiger partial charge < -0.3 is 15.5 Å². The van der Waals surface area contributed by atoms with Crippen LogP contribution in [-0.4, -0.2) is 50.6 Å². The molecule has 1 heterocycles. The van der Waals surface area contributed by atoms with Crippen molar-refractivity contribution < 1.29 is 0 Å². The van der Waals surface area contributed by atoms with Gasteiger partial charge in [-0.25, -0.2) is 0 Å². The number of piperidine rings is 1. The van der Waals surface area contributed by atoms with Gasteiger partial charge in [-0.15, -0.1) is 24.0 Å². The van der Waals surface area contributed by atoms with Crippen molar-refractivity contribution in [3.05, 3.63) is 34.9 Å². The highest BCUT2D eigenvalue weighted by Gasteiger charge is 2.16. The summed E-state index contributed by atoms with van der Waals surface area (Å²) in [5.74, 6) is 1.58. The van der Waals surface area contributed by atoms with Crippen LogP contribution in [0.1, 0.15) is 25.3 Å². The second kappa shape index (κ2) is 11.9. The Labute approximate surface area is 168 Å². The summed E-state index contributed by atoms with van der Waals surface area (Å²) in [6, 6.07) is 8.01. The smallest absolute Gasteiger partial charge is 0.191 e. The van der Waals surface area contributed by atoms with Crippen molar-refractivity contribution >= 4 is 41.5 Å². The van der Waals surface area contributed by atoms with Gasteiger partial charge in [0.2, 0.25) is 0 Å². The number of benzene rings is 1. The molecule has 1 aliphatic heterocycles. The molecule has 24 heavy (non-hydrogen) atoms. The number of nitrogens with zero attached hydrogens (tertiary/aromatic N) is 2. The Morgan fingerprint density at radius 2 is 2.12 bits per heavy atom. The molecule has 0 aromatic heterocycles. The fourth-order valence-corrected chi connectivity index (χ4v) is 3.23. The third kappa shape index (κ3) is 7.57. The second-order valence-corrected chi connectivity index (χ2v) is 6.67. The number of hydrogen-bond donors (Lipinski definition) is 2. The van der Waals surface area contributed by atoms with E-state index in [2.05, 4.69) is 35.6 Å². The molecule has 0 amide bonds. The Hall–Kier alpha value is -0.530. The number of rotatable bonds is 6. The molecule has 6 heteroatoms. The van der Waals surface area contributed by atoms with Crippen LogP contribution in [0.4, 0.5) is 0 Å². The van der Waals surface area contributed by atoms with Gasteiger partial charge in [-0.1, -0.05) is 29.8 Å². The molecule has 1 unspecified atom stereocenters. The van der Waals surface area contributed by atoms with Crippen LogP contribution in [0, 0.1) is 5.92 Å². The Morgan fingerprint density at radius 3 is 2.83 bits per heavy atom. The van der Waals surface area contributed by atoms with Gasteiger partial charge in [0.15, 0.2) is 5.96 Å². The highest BCUT2D eigenvalue weighted by atomic mass is 127. The Bertz CT molecular complexity index is 510. The van der Waals surface area contributed by atoms with E-state index in [-0.39, 0.29) is 24.0 Å². The quantitative estimate of drug-likeness (QED) is 0.385. The molecule has 0 bridgehead atoms. The van der Waals surface area contributed by atoms with Crippen LogP contribution in [-0.2, 0) is 6.42 Å². The third-order valence-electron chi connectivity index (χ3n) is 4.22. The van der Waals surface area contributed by atoms with Crippen LogP contribution in [0.2, 0.25) is 5.02 Å². The van der Waals surface area contributed by atoms with Gasteiger partial charge in [0.25, 0.3) is 0 Å². The normalized spacial score (nSPS) is 18.8. The van der Waals surface area contributed by atoms with Crippen molar-refractivity contribution in [2.45, 2.75) is 26.2 Å². The van der Waals surface area contributed by atoms with Crippen molar-refractivity contribution in [1.29, 1.82) is 0 Å². The first kappa shape index (κ1) is 21.5. The van der Waals surface area contributed by atoms with E-state index in [9.17, 15) is 0 Å². The number of nitrogens with one attached hydrogen (secondary N) is 2. The van der Waals surface area contributed by atoms with Gasteiger partial charge in [0.1, 0.15) is 0 Å². The SMILES string of the molecule is CCNC(=NCC1CCCN(C)C1)NCCc1ccccc1Cl.I. The van der Waals surface area contributed by atoms with Crippen molar-refractivity contribution in [2.75, 3.05) is 39.8 Å². The summed E-state index contributed by atoms with van der Waals surface area (Å²) < 4.78 is 0. The average molecular weight is 465 g/mol. The van der Waals surface area contributed by atoms with Gasteiger partial charge >= 0.3 is 0 Å². The monoisotopic (exact) mass is 464 g/mol. The van der Waals surface area contributed by atoms with E-state index in [1.165, 1.54) is 24.9 Å². The lowest BCUT2D eigenvalue weighted by Crippen LogP contribution is -2.39. The lowest BCUT2D eigenvalue weighted by Gasteiger charge is -2.28. The average Bonchev–Trinajstić information content (AvgIpc) is 2.54. The number of guanidine groups is 1. The predicted octanol–water partition coefficient (Wildman–Crippen LogP) is 3.40. The van der Waals surface area contributed by atoms with Crippen LogP contribution in [0.3, 0.4) is 0 Å². The lowest BCUT2D eigenvalue weighted by molar-refractivity contribution is 0.214. The molecular weight excluding hydrogens is 435 g/mol. The summed E-state index contributed by atoms with van der Waals surface area (Å²) in [7, 11) is 2.20. The third-order valence-corrected chi connectivity index (χ3v) is 4.59. The van der Waals surface area contributed by atoms with E-state index in [4.69, 9.17) is 16.6 Å². The van der Waals surface area contributed by atoms with E-state index in [1.54, 1.807) is 0 Å². The van der Waals surface area contributed by atoms with E-state index >= 15 is 0 Å². The standard InChI is InChI=1S/C18H29ClN4.HI/c1-3-20-18(22-13-15-7-6-12-23(2)14-15)21-11-10-16-8-4-5-9-17(16)19;/h4-5,8-9,15H,3,6-7,10-14H2,1-2H3,(H2,20,21,22);1H. The molecule has 0 spiro atoms. The highest BCUT2D eigenvalue weighted by Crippen LogP contribution is 2.15. The molecule has 0 aliphatic carbocycles. The molecule has 4 nitrogen and oxygen atoms in total. The first-order valence-electron chi connectivity index (χ1n) is 8.63. The summed E-state index contributed by atoms with van der Waals surface area (Å²) in [5, 5.41) is 7.58. The molecule has 2 N–H and O–H groups in total. The molecule has 1 saturated heterocycles. The fourth-order valence-electron chi connectivity index (χ4n) is 3.00. The van der Waals surface area contributed by atoms with Crippen LogP contribution < -0.4 is 10.6 Å². The maximum atomic E-state index is 6.20. The van der Waals surface area contributed by atoms with Crippen LogP contribution >= 0.6 is 35.6 Å². The lowest BCUT2D eigenvalue weighted by atomic mass is 9.99. The van der Waals surface area contributed by atoms with Crippen molar-refractivity contribution in [2.24, 2.45) is 10.9 Å². The number of hydrogen-bond acceptors (Lipinski definition) is 2.